The van der Waals surface area contributed by atoms with Crippen molar-refractivity contribution in [2.24, 2.45) is 0 Å². The molecule has 9 heteroatoms. The SMILES string of the molecule is COC(=O)c1nc(-c2ccc3nonc3c2)c(Cl)c(N)c1Cl. The van der Waals surface area contributed by atoms with Crippen molar-refractivity contribution in [3.8, 4) is 11.3 Å². The third kappa shape index (κ3) is 2.24. The van der Waals surface area contributed by atoms with Crippen LogP contribution in [0, 0.1) is 0 Å². The molecule has 0 saturated carbocycles. The van der Waals surface area contributed by atoms with E-state index in [0.29, 0.717) is 16.6 Å². The Balaban J connectivity index is 2.25. The molecule has 0 unspecified atom stereocenters. The summed E-state index contributed by atoms with van der Waals surface area (Å²) in [7, 11) is 1.22. The Morgan fingerprint density at radius 1 is 1.23 bits per heavy atom. The molecular formula is C13H8Cl2N4O3. The summed E-state index contributed by atoms with van der Waals surface area (Å²) < 4.78 is 9.27. The number of methoxy groups -OCH3 is 1. The van der Waals surface area contributed by atoms with Gasteiger partial charge in [-0.05, 0) is 22.4 Å². The first-order valence-corrected chi connectivity index (χ1v) is 6.74. The molecule has 0 radical (unpaired) electrons. The number of esters is 1. The number of pyridine rings is 1. The van der Waals surface area contributed by atoms with Gasteiger partial charge in [0.15, 0.2) is 5.69 Å². The number of rotatable bonds is 2. The van der Waals surface area contributed by atoms with Gasteiger partial charge < -0.3 is 10.5 Å². The summed E-state index contributed by atoms with van der Waals surface area (Å²) in [6.07, 6.45) is 0. The Hall–Kier alpha value is -2.38. The number of benzene rings is 1. The van der Waals surface area contributed by atoms with Crippen molar-refractivity contribution in [2.45, 2.75) is 0 Å². The minimum absolute atomic E-state index is 0.0482. The van der Waals surface area contributed by atoms with Gasteiger partial charge in [-0.25, -0.2) is 14.4 Å². The molecule has 3 aromatic rings. The molecule has 0 aliphatic rings. The number of nitrogens with zero attached hydrogens (tertiary/aromatic N) is 3. The summed E-state index contributed by atoms with van der Waals surface area (Å²) in [5.74, 6) is -0.709. The normalized spacial score (nSPS) is 10.9. The second-order valence-corrected chi connectivity index (χ2v) is 5.07. The van der Waals surface area contributed by atoms with E-state index in [9.17, 15) is 4.79 Å². The molecule has 112 valence electrons. The van der Waals surface area contributed by atoms with Crippen LogP contribution in [0.25, 0.3) is 22.3 Å². The summed E-state index contributed by atoms with van der Waals surface area (Å²) in [5.41, 5.74) is 7.75. The summed E-state index contributed by atoms with van der Waals surface area (Å²) in [5, 5.41) is 7.53. The zero-order chi connectivity index (χ0) is 15.9. The van der Waals surface area contributed by atoms with Crippen LogP contribution >= 0.6 is 23.2 Å². The minimum Gasteiger partial charge on any atom is -0.464 e. The second-order valence-electron chi connectivity index (χ2n) is 4.31. The van der Waals surface area contributed by atoms with Crippen molar-refractivity contribution in [2.75, 3.05) is 12.8 Å². The van der Waals surface area contributed by atoms with Crippen LogP contribution in [0.5, 0.6) is 0 Å². The van der Waals surface area contributed by atoms with Crippen LogP contribution in [0.15, 0.2) is 22.8 Å². The van der Waals surface area contributed by atoms with E-state index >= 15 is 0 Å². The quantitative estimate of drug-likeness (QED) is 0.716. The highest BCUT2D eigenvalue weighted by atomic mass is 35.5. The Kier molecular flexibility index (Phi) is 3.59. The van der Waals surface area contributed by atoms with Gasteiger partial charge >= 0.3 is 5.97 Å². The Bertz CT molecular complexity index is 894. The van der Waals surface area contributed by atoms with Gasteiger partial charge in [-0.3, -0.25) is 0 Å². The van der Waals surface area contributed by atoms with E-state index in [0.717, 1.165) is 0 Å². The molecule has 0 spiro atoms. The van der Waals surface area contributed by atoms with Crippen LogP contribution in [-0.4, -0.2) is 28.4 Å². The number of nitrogens with two attached hydrogens (primary N) is 1. The number of hydrogen-bond donors (Lipinski definition) is 1. The van der Waals surface area contributed by atoms with Crippen molar-refractivity contribution < 1.29 is 14.2 Å². The van der Waals surface area contributed by atoms with Gasteiger partial charge in [-0.15, -0.1) is 0 Å². The van der Waals surface area contributed by atoms with Crippen molar-refractivity contribution in [1.82, 2.24) is 15.3 Å². The lowest BCUT2D eigenvalue weighted by Crippen LogP contribution is -2.08. The van der Waals surface area contributed by atoms with E-state index in [1.54, 1.807) is 18.2 Å². The second kappa shape index (κ2) is 5.43. The predicted molar refractivity (Wildman–Crippen MR) is 80.8 cm³/mol. The van der Waals surface area contributed by atoms with Crippen LogP contribution in [0.4, 0.5) is 5.69 Å². The summed E-state index contributed by atoms with van der Waals surface area (Å²) in [4.78, 5) is 15.9. The molecule has 2 heterocycles. The lowest BCUT2D eigenvalue weighted by atomic mass is 10.1. The summed E-state index contributed by atoms with van der Waals surface area (Å²) >= 11 is 12.2. The third-order valence-electron chi connectivity index (χ3n) is 3.02. The highest BCUT2D eigenvalue weighted by molar-refractivity contribution is 6.41. The number of nitrogen functional groups attached to an aromatic ring is 1. The number of carbonyl (C=O) groups excluding carboxylic acids is 1. The van der Waals surface area contributed by atoms with E-state index < -0.39 is 5.97 Å². The van der Waals surface area contributed by atoms with Gasteiger partial charge in [0.05, 0.1) is 28.5 Å². The topological polar surface area (TPSA) is 104 Å². The van der Waals surface area contributed by atoms with E-state index in [4.69, 9.17) is 28.9 Å². The van der Waals surface area contributed by atoms with Crippen molar-refractivity contribution >= 4 is 45.9 Å². The average Bonchev–Trinajstić information content (AvgIpc) is 2.99. The predicted octanol–water partition coefficient (Wildman–Crippen LogP) is 2.96. The van der Waals surface area contributed by atoms with Crippen molar-refractivity contribution in [1.29, 1.82) is 0 Å². The molecule has 2 N–H and O–H groups in total. The molecule has 0 aliphatic carbocycles. The fourth-order valence-corrected chi connectivity index (χ4v) is 2.42. The van der Waals surface area contributed by atoms with E-state index in [2.05, 4.69) is 24.7 Å². The molecule has 7 nitrogen and oxygen atoms in total. The average molecular weight is 339 g/mol. The minimum atomic E-state index is -0.709. The van der Waals surface area contributed by atoms with Crippen molar-refractivity contribution in [3.63, 3.8) is 0 Å². The molecule has 1 aromatic carbocycles. The fraction of sp³-hybridized carbons (Fsp3) is 0.0769. The van der Waals surface area contributed by atoms with Crippen LogP contribution < -0.4 is 5.73 Å². The van der Waals surface area contributed by atoms with Gasteiger partial charge in [0.2, 0.25) is 0 Å². The molecule has 3 rings (SSSR count). The molecule has 0 bridgehead atoms. The van der Waals surface area contributed by atoms with Crippen molar-refractivity contribution in [3.05, 3.63) is 33.9 Å². The highest BCUT2D eigenvalue weighted by Crippen LogP contribution is 2.37. The molecular weight excluding hydrogens is 331 g/mol. The summed E-state index contributed by atoms with van der Waals surface area (Å²) in [6.45, 7) is 0. The number of aromatic nitrogens is 3. The number of carbonyl (C=O) groups is 1. The first-order chi connectivity index (χ1) is 10.5. The van der Waals surface area contributed by atoms with Crippen LogP contribution in [0.2, 0.25) is 10.0 Å². The molecule has 0 saturated heterocycles. The molecule has 22 heavy (non-hydrogen) atoms. The van der Waals surface area contributed by atoms with Crippen LogP contribution in [0.3, 0.4) is 0 Å². The number of anilines is 1. The van der Waals surface area contributed by atoms with E-state index in [1.165, 1.54) is 7.11 Å². The van der Waals surface area contributed by atoms with Gasteiger partial charge in [0.1, 0.15) is 11.0 Å². The van der Waals surface area contributed by atoms with Crippen LogP contribution in [0.1, 0.15) is 10.5 Å². The van der Waals surface area contributed by atoms with Gasteiger partial charge in [0.25, 0.3) is 0 Å². The Morgan fingerprint density at radius 3 is 2.68 bits per heavy atom. The molecule has 2 aromatic heterocycles. The largest absolute Gasteiger partial charge is 0.464 e. The first-order valence-electron chi connectivity index (χ1n) is 5.98. The molecule has 0 atom stereocenters. The zero-order valence-corrected chi connectivity index (χ0v) is 12.6. The van der Waals surface area contributed by atoms with Gasteiger partial charge in [0, 0.05) is 5.56 Å². The first kappa shape index (κ1) is 14.6. The fourth-order valence-electron chi connectivity index (χ4n) is 1.91. The van der Waals surface area contributed by atoms with Gasteiger partial charge in [-0.1, -0.05) is 29.3 Å². The maximum atomic E-state index is 11.7. The Labute approximate surface area is 133 Å². The highest BCUT2D eigenvalue weighted by Gasteiger charge is 2.22. The molecule has 0 fully saturated rings. The Morgan fingerprint density at radius 2 is 1.95 bits per heavy atom. The molecule has 0 aliphatic heterocycles. The lowest BCUT2D eigenvalue weighted by molar-refractivity contribution is 0.0594. The number of ether oxygens (including phenoxy) is 1. The van der Waals surface area contributed by atoms with E-state index in [1.807, 2.05) is 0 Å². The standard InChI is InChI=1S/C13H8Cl2N4O3/c1-21-13(20)12-9(15)10(16)8(14)11(17-12)5-2-3-6-7(4-5)19-22-18-6/h2-4H,1H3,(H2,16,17). The number of halogens is 2. The maximum Gasteiger partial charge on any atom is 0.358 e. The number of fused-ring (bicyclic) bond motifs is 1. The maximum absolute atomic E-state index is 11.7. The van der Waals surface area contributed by atoms with Crippen LogP contribution in [-0.2, 0) is 4.74 Å². The third-order valence-corrected chi connectivity index (χ3v) is 3.78. The summed E-state index contributed by atoms with van der Waals surface area (Å²) in [6, 6.07) is 5.05. The number of hydrogen-bond acceptors (Lipinski definition) is 7. The lowest BCUT2D eigenvalue weighted by Gasteiger charge is -2.11. The molecule has 0 amide bonds. The monoisotopic (exact) mass is 338 g/mol. The van der Waals surface area contributed by atoms with E-state index in [-0.39, 0.29) is 27.1 Å². The smallest absolute Gasteiger partial charge is 0.358 e. The zero-order valence-electron chi connectivity index (χ0n) is 11.1. The van der Waals surface area contributed by atoms with Gasteiger partial charge in [-0.2, -0.15) is 0 Å².